The Balaban J connectivity index is 1.31. The summed E-state index contributed by atoms with van der Waals surface area (Å²) < 4.78 is 12.9. The molecule has 1 saturated heterocycles. The van der Waals surface area contributed by atoms with Gasteiger partial charge >= 0.3 is 0 Å². The van der Waals surface area contributed by atoms with Gasteiger partial charge in [-0.05, 0) is 36.1 Å². The summed E-state index contributed by atoms with van der Waals surface area (Å²) in [6, 6.07) is 9.90. The van der Waals surface area contributed by atoms with E-state index in [4.69, 9.17) is 9.47 Å². The largest absolute Gasteiger partial charge is 0.493 e. The van der Waals surface area contributed by atoms with Crippen molar-refractivity contribution in [3.8, 4) is 5.75 Å². The zero-order valence-corrected chi connectivity index (χ0v) is 14.7. The molecule has 1 aromatic carbocycles. The van der Waals surface area contributed by atoms with Gasteiger partial charge in [0, 0.05) is 24.9 Å². The first kappa shape index (κ1) is 16.0. The van der Waals surface area contributed by atoms with Gasteiger partial charge in [0.15, 0.2) is 0 Å². The van der Waals surface area contributed by atoms with E-state index in [0.717, 1.165) is 31.0 Å². The zero-order chi connectivity index (χ0) is 17.5. The van der Waals surface area contributed by atoms with Crippen LogP contribution >= 0.6 is 0 Å². The monoisotopic (exact) mass is 353 g/mol. The fraction of sp³-hybridized carbons (Fsp3) is 0.500. The summed E-state index contributed by atoms with van der Waals surface area (Å²) in [7, 11) is 0. The molecule has 2 aromatic rings. The van der Waals surface area contributed by atoms with Gasteiger partial charge in [-0.3, -0.25) is 4.79 Å². The molecule has 0 amide bonds. The number of ether oxygens (including phenoxy) is 2. The molecule has 0 bridgehead atoms. The fourth-order valence-electron chi connectivity index (χ4n) is 3.85. The molecule has 1 saturated carbocycles. The van der Waals surface area contributed by atoms with Crippen LogP contribution in [0, 0.1) is 0 Å². The van der Waals surface area contributed by atoms with Crippen molar-refractivity contribution in [3.63, 3.8) is 0 Å². The number of rotatable bonds is 5. The third-order valence-corrected chi connectivity index (χ3v) is 5.53. The van der Waals surface area contributed by atoms with Gasteiger partial charge < -0.3 is 14.8 Å². The van der Waals surface area contributed by atoms with E-state index < -0.39 is 0 Å². The van der Waals surface area contributed by atoms with Crippen LogP contribution in [0.4, 0.5) is 0 Å². The third kappa shape index (κ3) is 3.04. The van der Waals surface area contributed by atoms with Crippen molar-refractivity contribution in [3.05, 3.63) is 57.5 Å². The fourth-order valence-corrected chi connectivity index (χ4v) is 3.85. The molecule has 3 heterocycles. The molecule has 26 heavy (non-hydrogen) atoms. The van der Waals surface area contributed by atoms with E-state index in [1.807, 2.05) is 12.1 Å². The summed E-state index contributed by atoms with van der Waals surface area (Å²) in [4.78, 5) is 12.4. The van der Waals surface area contributed by atoms with Crippen LogP contribution in [-0.4, -0.2) is 35.6 Å². The van der Waals surface area contributed by atoms with E-state index in [2.05, 4.69) is 22.5 Å². The zero-order valence-electron chi connectivity index (χ0n) is 14.7. The summed E-state index contributed by atoms with van der Waals surface area (Å²) in [5.41, 5.74) is 3.49. The van der Waals surface area contributed by atoms with Gasteiger partial charge in [0.05, 0.1) is 37.6 Å². The number of aromatic nitrogens is 2. The minimum Gasteiger partial charge on any atom is -0.493 e. The molecule has 2 unspecified atom stereocenters. The number of nitrogens with zero attached hydrogens (tertiary/aromatic N) is 2. The number of benzene rings is 1. The van der Waals surface area contributed by atoms with Crippen LogP contribution in [0.5, 0.6) is 5.75 Å². The minimum absolute atomic E-state index is 0.0496. The Labute approximate surface area is 152 Å². The summed E-state index contributed by atoms with van der Waals surface area (Å²) in [6.07, 6.45) is 3.33. The van der Waals surface area contributed by atoms with Crippen molar-refractivity contribution in [2.75, 3.05) is 19.8 Å². The number of nitrogens with one attached hydrogen (secondary N) is 1. The molecule has 136 valence electrons. The van der Waals surface area contributed by atoms with Crippen LogP contribution in [0.2, 0.25) is 0 Å². The van der Waals surface area contributed by atoms with Gasteiger partial charge in [-0.15, -0.1) is 0 Å². The van der Waals surface area contributed by atoms with Gasteiger partial charge in [0.25, 0.3) is 5.56 Å². The lowest BCUT2D eigenvalue weighted by molar-refractivity contribution is 0.180. The number of hydrogen-bond donors (Lipinski definition) is 1. The lowest BCUT2D eigenvalue weighted by Gasteiger charge is -2.21. The van der Waals surface area contributed by atoms with Crippen molar-refractivity contribution in [1.82, 2.24) is 15.1 Å². The molecule has 2 fully saturated rings. The summed E-state index contributed by atoms with van der Waals surface area (Å²) in [5, 5.41) is 8.20. The Kier molecular flexibility index (Phi) is 4.02. The van der Waals surface area contributed by atoms with Crippen LogP contribution in [0.15, 0.2) is 35.1 Å². The van der Waals surface area contributed by atoms with Gasteiger partial charge in [0.2, 0.25) is 0 Å². The standard InChI is InChI=1S/C20H23N3O3/c24-20-6-4-16(14-2-3-14)22-23(20)18-12-25-11-17(18)21-10-13-1-5-19-15(9-13)7-8-26-19/h1,4-6,9,14,17-18,21H,2-3,7-8,10-12H2. The molecular weight excluding hydrogens is 330 g/mol. The predicted molar refractivity (Wildman–Crippen MR) is 96.6 cm³/mol. The molecule has 2 aliphatic heterocycles. The van der Waals surface area contributed by atoms with E-state index >= 15 is 0 Å². The minimum atomic E-state index is -0.0565. The van der Waals surface area contributed by atoms with Gasteiger partial charge in [-0.2, -0.15) is 5.10 Å². The normalized spacial score (nSPS) is 24.5. The van der Waals surface area contributed by atoms with E-state index in [0.29, 0.717) is 19.1 Å². The highest BCUT2D eigenvalue weighted by molar-refractivity contribution is 5.39. The third-order valence-electron chi connectivity index (χ3n) is 5.53. The first-order valence-corrected chi connectivity index (χ1v) is 9.43. The highest BCUT2D eigenvalue weighted by atomic mass is 16.5. The molecular formula is C20H23N3O3. The Bertz CT molecular complexity index is 875. The summed E-state index contributed by atoms with van der Waals surface area (Å²) in [6.45, 7) is 2.64. The lowest BCUT2D eigenvalue weighted by Crippen LogP contribution is -2.41. The quantitative estimate of drug-likeness (QED) is 0.888. The second-order valence-corrected chi connectivity index (χ2v) is 7.45. The van der Waals surface area contributed by atoms with Crippen LogP contribution in [-0.2, 0) is 17.7 Å². The summed E-state index contributed by atoms with van der Waals surface area (Å²) >= 11 is 0. The molecule has 1 aromatic heterocycles. The maximum Gasteiger partial charge on any atom is 0.267 e. The van der Waals surface area contributed by atoms with Crippen molar-refractivity contribution < 1.29 is 9.47 Å². The molecule has 6 heteroatoms. The molecule has 0 spiro atoms. The molecule has 3 aliphatic rings. The van der Waals surface area contributed by atoms with Crippen LogP contribution in [0.25, 0.3) is 0 Å². The average Bonchev–Trinajstić information content (AvgIpc) is 3.22. The Hall–Kier alpha value is -2.18. The summed E-state index contributed by atoms with van der Waals surface area (Å²) in [5.74, 6) is 1.53. The Morgan fingerprint density at radius 2 is 2.12 bits per heavy atom. The topological polar surface area (TPSA) is 65.4 Å². The van der Waals surface area contributed by atoms with Crippen molar-refractivity contribution >= 4 is 0 Å². The second-order valence-electron chi connectivity index (χ2n) is 7.45. The smallest absolute Gasteiger partial charge is 0.267 e. The Morgan fingerprint density at radius 3 is 3.00 bits per heavy atom. The predicted octanol–water partition coefficient (Wildman–Crippen LogP) is 1.79. The van der Waals surface area contributed by atoms with Crippen LogP contribution in [0.1, 0.15) is 41.6 Å². The van der Waals surface area contributed by atoms with E-state index in [9.17, 15) is 4.79 Å². The molecule has 5 rings (SSSR count). The first-order chi connectivity index (χ1) is 12.8. The molecule has 6 nitrogen and oxygen atoms in total. The maximum absolute atomic E-state index is 12.4. The number of hydrogen-bond acceptors (Lipinski definition) is 5. The van der Waals surface area contributed by atoms with Gasteiger partial charge in [-0.1, -0.05) is 12.1 Å². The van der Waals surface area contributed by atoms with Crippen LogP contribution in [0.3, 0.4) is 0 Å². The molecule has 0 radical (unpaired) electrons. The van der Waals surface area contributed by atoms with Crippen LogP contribution < -0.4 is 15.6 Å². The van der Waals surface area contributed by atoms with Gasteiger partial charge in [0.1, 0.15) is 5.75 Å². The van der Waals surface area contributed by atoms with Crippen molar-refractivity contribution in [1.29, 1.82) is 0 Å². The highest BCUT2D eigenvalue weighted by Crippen LogP contribution is 2.38. The van der Waals surface area contributed by atoms with Crippen molar-refractivity contribution in [2.24, 2.45) is 0 Å². The maximum atomic E-state index is 12.4. The molecule has 1 aliphatic carbocycles. The second kappa shape index (κ2) is 6.52. The van der Waals surface area contributed by atoms with E-state index in [1.54, 1.807) is 10.7 Å². The lowest BCUT2D eigenvalue weighted by atomic mass is 10.1. The number of fused-ring (bicyclic) bond motifs is 1. The first-order valence-electron chi connectivity index (χ1n) is 9.43. The van der Waals surface area contributed by atoms with Crippen molar-refractivity contribution in [2.45, 2.75) is 43.8 Å². The highest BCUT2D eigenvalue weighted by Gasteiger charge is 2.32. The Morgan fingerprint density at radius 1 is 1.19 bits per heavy atom. The van der Waals surface area contributed by atoms with E-state index in [1.165, 1.54) is 24.0 Å². The van der Waals surface area contributed by atoms with Gasteiger partial charge in [-0.25, -0.2) is 4.68 Å². The molecule has 1 N–H and O–H groups in total. The SMILES string of the molecule is O=c1ccc(C2CC2)nn1C1COCC1NCc1ccc2c(c1)CCO2. The van der Waals surface area contributed by atoms with E-state index in [-0.39, 0.29) is 17.6 Å². The average molecular weight is 353 g/mol. The molecule has 2 atom stereocenters.